The van der Waals surface area contributed by atoms with Crippen molar-refractivity contribution in [3.63, 3.8) is 0 Å². The van der Waals surface area contributed by atoms with Gasteiger partial charge < -0.3 is 10.5 Å². The molecule has 0 saturated carbocycles. The number of nitro groups is 2. The first-order valence-corrected chi connectivity index (χ1v) is 6.13. The molecule has 1 aromatic carbocycles. The summed E-state index contributed by atoms with van der Waals surface area (Å²) in [5.74, 6) is 1.60. The van der Waals surface area contributed by atoms with Crippen LogP contribution in [-0.4, -0.2) is 21.9 Å². The highest BCUT2D eigenvalue weighted by Crippen LogP contribution is 2.23. The van der Waals surface area contributed by atoms with Crippen molar-refractivity contribution in [2.75, 3.05) is 0 Å². The Morgan fingerprint density at radius 3 is 2.27 bits per heavy atom. The predicted molar refractivity (Wildman–Crippen MR) is 75.6 cm³/mol. The van der Waals surface area contributed by atoms with Gasteiger partial charge in [-0.15, -0.1) is 12.3 Å². The largest absolute Gasteiger partial charge is 0.460 e. The van der Waals surface area contributed by atoms with Gasteiger partial charge in [0.25, 0.3) is 11.4 Å². The van der Waals surface area contributed by atoms with E-state index in [-0.39, 0.29) is 18.6 Å². The summed E-state index contributed by atoms with van der Waals surface area (Å²) in [6, 6.07) is 2.09. The lowest BCUT2D eigenvalue weighted by Gasteiger charge is -2.10. The van der Waals surface area contributed by atoms with Crippen LogP contribution in [0.5, 0.6) is 0 Å². The molecule has 22 heavy (non-hydrogen) atoms. The average molecular weight is 307 g/mol. The number of benzene rings is 1. The number of hydrogen-bond donors (Lipinski definition) is 1. The molecule has 9 heteroatoms. The van der Waals surface area contributed by atoms with Crippen LogP contribution in [-0.2, 0) is 16.1 Å². The summed E-state index contributed by atoms with van der Waals surface area (Å²) in [7, 11) is 0. The lowest BCUT2D eigenvalue weighted by atomic mass is 10.1. The van der Waals surface area contributed by atoms with Crippen LogP contribution in [0.25, 0.3) is 0 Å². The molecule has 0 spiro atoms. The van der Waals surface area contributed by atoms with E-state index in [0.717, 1.165) is 18.2 Å². The molecule has 0 amide bonds. The minimum Gasteiger partial charge on any atom is -0.460 e. The fourth-order valence-corrected chi connectivity index (χ4v) is 1.57. The van der Waals surface area contributed by atoms with Gasteiger partial charge in [-0.3, -0.25) is 25.0 Å². The maximum Gasteiger partial charge on any atom is 0.323 e. The second kappa shape index (κ2) is 7.70. The van der Waals surface area contributed by atoms with Crippen LogP contribution in [0.2, 0.25) is 0 Å². The number of nitro benzene ring substituents is 2. The molecule has 1 unspecified atom stereocenters. The van der Waals surface area contributed by atoms with Crippen molar-refractivity contribution < 1.29 is 19.4 Å². The molecule has 0 saturated heterocycles. The van der Waals surface area contributed by atoms with E-state index in [1.807, 2.05) is 0 Å². The van der Waals surface area contributed by atoms with Gasteiger partial charge in [0.15, 0.2) is 0 Å². The van der Waals surface area contributed by atoms with E-state index >= 15 is 0 Å². The quantitative estimate of drug-likeness (QED) is 0.346. The summed E-state index contributed by atoms with van der Waals surface area (Å²) in [5, 5.41) is 21.5. The first kappa shape index (κ1) is 17.1. The van der Waals surface area contributed by atoms with Gasteiger partial charge in [-0.05, 0) is 6.42 Å². The molecular weight excluding hydrogens is 294 g/mol. The predicted octanol–water partition coefficient (Wildman–Crippen LogP) is 1.29. The second-order valence-corrected chi connectivity index (χ2v) is 4.33. The summed E-state index contributed by atoms with van der Waals surface area (Å²) < 4.78 is 4.88. The fourth-order valence-electron chi connectivity index (χ4n) is 1.57. The monoisotopic (exact) mass is 307 g/mol. The van der Waals surface area contributed by atoms with Gasteiger partial charge in [0.2, 0.25) is 0 Å². The Morgan fingerprint density at radius 2 is 1.82 bits per heavy atom. The van der Waals surface area contributed by atoms with Crippen molar-refractivity contribution in [1.29, 1.82) is 0 Å². The molecule has 1 rings (SSSR count). The normalized spacial score (nSPS) is 11.3. The zero-order chi connectivity index (χ0) is 16.7. The van der Waals surface area contributed by atoms with Crippen molar-refractivity contribution in [2.45, 2.75) is 25.5 Å². The number of non-ortho nitro benzene ring substituents is 2. The van der Waals surface area contributed by atoms with E-state index in [1.54, 1.807) is 0 Å². The van der Waals surface area contributed by atoms with Crippen LogP contribution in [0.3, 0.4) is 0 Å². The minimum absolute atomic E-state index is 0.124. The van der Waals surface area contributed by atoms with E-state index in [0.29, 0.717) is 6.42 Å². The molecule has 0 aliphatic heterocycles. The first-order valence-electron chi connectivity index (χ1n) is 6.13. The zero-order valence-corrected chi connectivity index (χ0v) is 11.4. The number of rotatable bonds is 7. The number of hydrogen-bond acceptors (Lipinski definition) is 7. The number of esters is 1. The number of terminal acetylenes is 1. The average Bonchev–Trinajstić information content (AvgIpc) is 2.49. The molecule has 0 aliphatic carbocycles. The van der Waals surface area contributed by atoms with Gasteiger partial charge in [-0.1, -0.05) is 0 Å². The summed E-state index contributed by atoms with van der Waals surface area (Å²) in [4.78, 5) is 31.5. The molecule has 0 fully saturated rings. The lowest BCUT2D eigenvalue weighted by molar-refractivity contribution is -0.394. The molecule has 0 radical (unpaired) electrons. The molecule has 0 bridgehead atoms. The van der Waals surface area contributed by atoms with Crippen molar-refractivity contribution in [3.8, 4) is 12.3 Å². The van der Waals surface area contributed by atoms with Crippen LogP contribution >= 0.6 is 0 Å². The van der Waals surface area contributed by atoms with E-state index < -0.39 is 33.2 Å². The van der Waals surface area contributed by atoms with Crippen LogP contribution in [0.1, 0.15) is 18.4 Å². The van der Waals surface area contributed by atoms with Crippen LogP contribution in [0.4, 0.5) is 11.4 Å². The molecule has 0 aliphatic rings. The van der Waals surface area contributed by atoms with Crippen LogP contribution < -0.4 is 5.73 Å². The maximum atomic E-state index is 11.6. The Kier molecular flexibility index (Phi) is 5.97. The SMILES string of the molecule is C#CCCC(N)C(=O)OCc1cc([N+](=O)[O-])cc([N+](=O)[O-])c1. The van der Waals surface area contributed by atoms with Gasteiger partial charge in [-0.2, -0.15) is 0 Å². The second-order valence-electron chi connectivity index (χ2n) is 4.33. The van der Waals surface area contributed by atoms with Crippen LogP contribution in [0.15, 0.2) is 18.2 Å². The van der Waals surface area contributed by atoms with E-state index in [9.17, 15) is 25.0 Å². The summed E-state index contributed by atoms with van der Waals surface area (Å²) in [6.07, 6.45) is 5.59. The number of carbonyl (C=O) groups is 1. The topological polar surface area (TPSA) is 139 Å². The molecule has 2 N–H and O–H groups in total. The smallest absolute Gasteiger partial charge is 0.323 e. The molecule has 116 valence electrons. The van der Waals surface area contributed by atoms with Gasteiger partial charge in [0, 0.05) is 24.1 Å². The van der Waals surface area contributed by atoms with Gasteiger partial charge in [0.05, 0.1) is 15.9 Å². The van der Waals surface area contributed by atoms with Crippen molar-refractivity contribution >= 4 is 17.3 Å². The third-order valence-corrected chi connectivity index (χ3v) is 2.67. The van der Waals surface area contributed by atoms with Gasteiger partial charge in [0.1, 0.15) is 12.6 Å². The molecule has 1 aromatic rings. The van der Waals surface area contributed by atoms with Crippen molar-refractivity contribution in [1.82, 2.24) is 0 Å². The number of ether oxygens (including phenoxy) is 1. The lowest BCUT2D eigenvalue weighted by Crippen LogP contribution is -2.31. The highest BCUT2D eigenvalue weighted by atomic mass is 16.6. The van der Waals surface area contributed by atoms with Crippen molar-refractivity contribution in [2.24, 2.45) is 5.73 Å². The maximum absolute atomic E-state index is 11.6. The van der Waals surface area contributed by atoms with E-state index in [1.165, 1.54) is 0 Å². The Balaban J connectivity index is 2.81. The van der Waals surface area contributed by atoms with E-state index in [2.05, 4.69) is 5.92 Å². The van der Waals surface area contributed by atoms with Gasteiger partial charge in [-0.25, -0.2) is 0 Å². The molecule has 0 heterocycles. The Labute approximate surface area is 125 Å². The first-order chi connectivity index (χ1) is 10.3. The third kappa shape index (κ3) is 4.84. The zero-order valence-electron chi connectivity index (χ0n) is 11.4. The minimum atomic E-state index is -0.912. The highest BCUT2D eigenvalue weighted by Gasteiger charge is 2.19. The van der Waals surface area contributed by atoms with E-state index in [4.69, 9.17) is 16.9 Å². The number of nitrogens with zero attached hydrogens (tertiary/aromatic N) is 2. The number of carbonyl (C=O) groups excluding carboxylic acids is 1. The summed E-state index contributed by atoms with van der Waals surface area (Å²) >= 11 is 0. The molecule has 9 nitrogen and oxygen atoms in total. The fraction of sp³-hybridized carbons (Fsp3) is 0.308. The Hall–Kier alpha value is -2.99. The van der Waals surface area contributed by atoms with Crippen molar-refractivity contribution in [3.05, 3.63) is 44.0 Å². The molecular formula is C13H13N3O6. The third-order valence-electron chi connectivity index (χ3n) is 2.67. The molecule has 1 atom stereocenters. The van der Waals surface area contributed by atoms with Gasteiger partial charge >= 0.3 is 5.97 Å². The number of nitrogens with two attached hydrogens (primary N) is 1. The molecule has 0 aromatic heterocycles. The Bertz CT molecular complexity index is 605. The standard InChI is InChI=1S/C13H13N3O6/c1-2-3-4-12(14)13(17)22-8-9-5-10(15(18)19)7-11(6-9)16(20)21/h1,5-7,12H,3-4,8,14H2. The highest BCUT2D eigenvalue weighted by molar-refractivity contribution is 5.75. The van der Waals surface area contributed by atoms with Crippen LogP contribution in [0, 0.1) is 32.6 Å². The Morgan fingerprint density at radius 1 is 1.27 bits per heavy atom. The summed E-state index contributed by atoms with van der Waals surface area (Å²) in [6.45, 7) is -0.356. The summed E-state index contributed by atoms with van der Waals surface area (Å²) in [5.41, 5.74) is 4.74.